The second kappa shape index (κ2) is 13.0. The summed E-state index contributed by atoms with van der Waals surface area (Å²) in [5.41, 5.74) is 4.68. The molecule has 0 radical (unpaired) electrons. The summed E-state index contributed by atoms with van der Waals surface area (Å²) in [5, 5.41) is 1.48. The number of rotatable bonds is 6. The Morgan fingerprint density at radius 2 is 1.02 bits per heavy atom. The predicted octanol–water partition coefficient (Wildman–Crippen LogP) is 13.2. The summed E-state index contributed by atoms with van der Waals surface area (Å²) in [6.45, 7) is 0. The average Bonchev–Trinajstić information content (AvgIpc) is 3.93. The van der Waals surface area contributed by atoms with Gasteiger partial charge in [-0.1, -0.05) is 164 Å². The zero-order valence-electron chi connectivity index (χ0n) is 41.2. The third-order valence-corrected chi connectivity index (χ3v) is 9.89. The molecular weight excluding hydrogens is 685 g/mol. The molecule has 0 spiro atoms. The maximum absolute atomic E-state index is 9.32. The molecule has 262 valence electrons. The van der Waals surface area contributed by atoms with E-state index < -0.39 is 78.2 Å². The van der Waals surface area contributed by atoms with E-state index in [0.29, 0.717) is 39.5 Å². The molecule has 0 saturated carbocycles. The summed E-state index contributed by atoms with van der Waals surface area (Å²) in [6.07, 6.45) is 0. The lowest BCUT2D eigenvalue weighted by atomic mass is 10.0. The van der Waals surface area contributed by atoms with Gasteiger partial charge < -0.3 is 8.98 Å². The van der Waals surface area contributed by atoms with Gasteiger partial charge in [0, 0.05) is 43.9 Å². The Balaban J connectivity index is 1.14. The highest BCUT2D eigenvalue weighted by Crippen LogP contribution is 2.39. The molecule has 0 unspecified atom stereocenters. The van der Waals surface area contributed by atoms with Crippen molar-refractivity contribution in [3.8, 4) is 62.1 Å². The Kier molecular flexibility index (Phi) is 5.10. The molecule has 0 amide bonds. The SMILES string of the molecule is [2H]c1c([2H])c([2H])c(-n2c3c([2H])c([2H])c([2H])c([2H])c3c3c([2H])c([2H])c([2H])c(-c4ccc(-c5nc(-c6ccc(-c7ccccc7)cc6)nc(-c6cccc7c6oc6ccccc67)n5)cc4)c32)c([2H])c1[2H]. The molecule has 0 saturated heterocycles. The summed E-state index contributed by atoms with van der Waals surface area (Å²) in [6, 6.07) is 30.7. The van der Waals surface area contributed by atoms with E-state index in [1.54, 1.807) is 24.3 Å². The smallest absolute Gasteiger partial charge is 0.167 e. The lowest BCUT2D eigenvalue weighted by Gasteiger charge is -2.12. The second-order valence-electron chi connectivity index (χ2n) is 13.1. The van der Waals surface area contributed by atoms with Gasteiger partial charge in [0.1, 0.15) is 11.2 Å². The fraction of sp³-hybridized carbons (Fsp3) is 0. The second-order valence-corrected chi connectivity index (χ2v) is 13.1. The number of para-hydroxylation sites is 5. The number of aromatic nitrogens is 4. The minimum absolute atomic E-state index is 0.0143. The van der Waals surface area contributed by atoms with E-state index in [1.807, 2.05) is 97.1 Å². The van der Waals surface area contributed by atoms with E-state index in [0.717, 1.165) is 32.0 Å². The van der Waals surface area contributed by atoms with Gasteiger partial charge in [-0.2, -0.15) is 0 Å². The quantitative estimate of drug-likeness (QED) is 0.171. The van der Waals surface area contributed by atoms with Crippen LogP contribution in [0, 0.1) is 0 Å². The fourth-order valence-electron chi connectivity index (χ4n) is 7.26. The molecule has 5 nitrogen and oxygen atoms in total. The normalized spacial score (nSPS) is 14.6. The standard InChI is InChI=1S/C51H32N4O/c1-3-13-33(14-4-1)34-25-29-36(30-26-34)49-52-50(54-51(53-49)44-22-12-21-43-41-18-8-10-24-46(41)56-48(43)44)37-31-27-35(28-32-37)39-19-11-20-42-40-17-7-9-23-45(40)55(47(39)42)38-15-5-2-6-16-38/h1-32H/i2D,5D,6D,7D,9D,11D,15D,16D,17D,19D,20D,23D. The Morgan fingerprint density at radius 1 is 0.411 bits per heavy atom. The summed E-state index contributed by atoms with van der Waals surface area (Å²) in [5.74, 6) is 1.01. The molecule has 0 aliphatic carbocycles. The molecule has 56 heavy (non-hydrogen) atoms. The lowest BCUT2D eigenvalue weighted by molar-refractivity contribution is 0.669. The first-order valence-electron chi connectivity index (χ1n) is 23.8. The molecule has 0 bridgehead atoms. The largest absolute Gasteiger partial charge is 0.455 e. The van der Waals surface area contributed by atoms with Crippen LogP contribution < -0.4 is 0 Å². The van der Waals surface area contributed by atoms with Gasteiger partial charge in [-0.05, 0) is 47.0 Å². The molecule has 0 N–H and O–H groups in total. The van der Waals surface area contributed by atoms with Crippen molar-refractivity contribution < 1.29 is 20.9 Å². The molecule has 3 aromatic heterocycles. The Bertz CT molecular complexity index is 3900. The Hall–Kier alpha value is -7.63. The minimum atomic E-state index is -0.697. The van der Waals surface area contributed by atoms with Gasteiger partial charge in [-0.15, -0.1) is 0 Å². The van der Waals surface area contributed by atoms with Gasteiger partial charge in [0.2, 0.25) is 0 Å². The van der Waals surface area contributed by atoms with Crippen molar-refractivity contribution in [3.05, 3.63) is 194 Å². The number of fused-ring (bicyclic) bond motifs is 6. The summed E-state index contributed by atoms with van der Waals surface area (Å²) < 4.78 is 113. The number of furan rings is 1. The Labute approximate surface area is 339 Å². The van der Waals surface area contributed by atoms with Crippen LogP contribution in [0.3, 0.4) is 0 Å². The molecule has 0 atom stereocenters. The monoisotopic (exact) mass is 728 g/mol. The van der Waals surface area contributed by atoms with Crippen LogP contribution in [0.1, 0.15) is 16.4 Å². The fourth-order valence-corrected chi connectivity index (χ4v) is 7.26. The van der Waals surface area contributed by atoms with Gasteiger partial charge in [-0.25, -0.2) is 15.0 Å². The average molecular weight is 729 g/mol. The molecule has 0 aliphatic rings. The highest BCUT2D eigenvalue weighted by Gasteiger charge is 2.19. The topological polar surface area (TPSA) is 56.7 Å². The van der Waals surface area contributed by atoms with Crippen molar-refractivity contribution in [2.45, 2.75) is 0 Å². The molecular formula is C51H32N4O. The first-order valence-corrected chi connectivity index (χ1v) is 17.8. The first-order chi connectivity index (χ1) is 32.7. The highest BCUT2D eigenvalue weighted by atomic mass is 16.3. The van der Waals surface area contributed by atoms with Gasteiger partial charge in [0.15, 0.2) is 17.5 Å². The summed E-state index contributed by atoms with van der Waals surface area (Å²) in [7, 11) is 0. The van der Waals surface area contributed by atoms with Crippen LogP contribution in [0.5, 0.6) is 0 Å². The van der Waals surface area contributed by atoms with Crippen LogP contribution in [0.25, 0.3) is 106 Å². The van der Waals surface area contributed by atoms with Crippen LogP contribution >= 0.6 is 0 Å². The minimum Gasteiger partial charge on any atom is -0.455 e. The number of hydrogen-bond acceptors (Lipinski definition) is 4. The maximum atomic E-state index is 9.32. The lowest BCUT2D eigenvalue weighted by Crippen LogP contribution is -2.00. The van der Waals surface area contributed by atoms with E-state index in [4.69, 9.17) is 34.4 Å². The first kappa shape index (κ1) is 21.9. The van der Waals surface area contributed by atoms with E-state index in [-0.39, 0.29) is 33.2 Å². The van der Waals surface area contributed by atoms with E-state index in [1.165, 1.54) is 0 Å². The molecule has 0 aliphatic heterocycles. The van der Waals surface area contributed by atoms with Crippen molar-refractivity contribution in [1.29, 1.82) is 0 Å². The third kappa shape index (κ3) is 5.29. The zero-order valence-corrected chi connectivity index (χ0v) is 29.2. The number of nitrogens with zero attached hydrogens (tertiary/aromatic N) is 4. The van der Waals surface area contributed by atoms with E-state index in [2.05, 4.69) is 0 Å². The summed E-state index contributed by atoms with van der Waals surface area (Å²) >= 11 is 0. The molecule has 3 heterocycles. The van der Waals surface area contributed by atoms with Gasteiger partial charge >= 0.3 is 0 Å². The van der Waals surface area contributed by atoms with Crippen molar-refractivity contribution in [3.63, 3.8) is 0 Å². The predicted molar refractivity (Wildman–Crippen MR) is 229 cm³/mol. The molecule has 0 fully saturated rings. The Morgan fingerprint density at radius 3 is 1.80 bits per heavy atom. The van der Waals surface area contributed by atoms with Crippen LogP contribution in [0.15, 0.2) is 198 Å². The van der Waals surface area contributed by atoms with Gasteiger partial charge in [-0.3, -0.25) is 0 Å². The van der Waals surface area contributed by atoms with Crippen LogP contribution in [-0.4, -0.2) is 19.5 Å². The summed E-state index contributed by atoms with van der Waals surface area (Å²) in [4.78, 5) is 15.0. The van der Waals surface area contributed by atoms with Crippen molar-refractivity contribution >= 4 is 43.7 Å². The van der Waals surface area contributed by atoms with Gasteiger partial charge in [0.05, 0.1) is 33.0 Å². The van der Waals surface area contributed by atoms with E-state index >= 15 is 0 Å². The third-order valence-electron chi connectivity index (χ3n) is 9.89. The molecule has 5 heteroatoms. The van der Waals surface area contributed by atoms with Crippen LogP contribution in [0.2, 0.25) is 0 Å². The van der Waals surface area contributed by atoms with Crippen molar-refractivity contribution in [1.82, 2.24) is 19.5 Å². The molecule has 11 aromatic rings. The number of hydrogen-bond donors (Lipinski definition) is 0. The zero-order chi connectivity index (χ0) is 47.4. The van der Waals surface area contributed by atoms with Gasteiger partial charge in [0.25, 0.3) is 0 Å². The van der Waals surface area contributed by atoms with E-state index in [9.17, 15) is 1.37 Å². The van der Waals surface area contributed by atoms with Crippen LogP contribution in [-0.2, 0) is 0 Å². The van der Waals surface area contributed by atoms with Crippen molar-refractivity contribution in [2.75, 3.05) is 0 Å². The maximum Gasteiger partial charge on any atom is 0.167 e. The molecule has 11 rings (SSSR count). The van der Waals surface area contributed by atoms with Crippen LogP contribution in [0.4, 0.5) is 0 Å². The highest BCUT2D eigenvalue weighted by molar-refractivity contribution is 6.14. The number of benzene rings is 8. The molecule has 8 aromatic carbocycles. The van der Waals surface area contributed by atoms with Crippen molar-refractivity contribution in [2.24, 2.45) is 0 Å².